The quantitative estimate of drug-likeness (QED) is 0.685. The van der Waals surface area contributed by atoms with E-state index in [1.54, 1.807) is 18.2 Å². The molecule has 1 heterocycles. The smallest absolute Gasteiger partial charge is 0.341 e. The summed E-state index contributed by atoms with van der Waals surface area (Å²) in [5.41, 5.74) is 6.14. The molecule has 0 spiro atoms. The fourth-order valence-electron chi connectivity index (χ4n) is 2.61. The van der Waals surface area contributed by atoms with Crippen LogP contribution in [0.15, 0.2) is 27.4 Å². The summed E-state index contributed by atoms with van der Waals surface area (Å²) >= 11 is 0. The number of fused-ring (bicyclic) bond motifs is 1. The summed E-state index contributed by atoms with van der Waals surface area (Å²) in [4.78, 5) is 26.2. The summed E-state index contributed by atoms with van der Waals surface area (Å²) in [6.45, 7) is 9.35. The van der Waals surface area contributed by atoms with Crippen molar-refractivity contribution in [3.63, 3.8) is 0 Å². The van der Waals surface area contributed by atoms with Gasteiger partial charge in [-0.05, 0) is 32.2 Å². The largest absolute Gasteiger partial charge is 0.422 e. The number of rotatable bonds is 7. The fraction of sp³-hybridized carbons (Fsp3) is 0.474. The van der Waals surface area contributed by atoms with Gasteiger partial charge in [0.2, 0.25) is 0 Å². The number of nitrogens with zero attached hydrogens (tertiary/aromatic N) is 1. The normalized spacial score (nSPS) is 18.5. The van der Waals surface area contributed by atoms with E-state index in [1.807, 2.05) is 19.1 Å². The molecule has 7 nitrogen and oxygen atoms in total. The molecule has 26 heavy (non-hydrogen) atoms. The molecular weight excluding hydrogens is 332 g/mol. The Bertz CT molecular complexity index is 746. The van der Waals surface area contributed by atoms with Crippen molar-refractivity contribution in [3.8, 4) is 0 Å². The van der Waals surface area contributed by atoms with Gasteiger partial charge in [-0.3, -0.25) is 0 Å². The van der Waals surface area contributed by atoms with Crippen molar-refractivity contribution in [2.45, 2.75) is 32.9 Å². The lowest BCUT2D eigenvalue weighted by atomic mass is 10.0. The number of carbonyl (C=O) groups is 1. The first-order chi connectivity index (χ1) is 12.3. The summed E-state index contributed by atoms with van der Waals surface area (Å²) < 4.78 is 5.35. The van der Waals surface area contributed by atoms with Crippen LogP contribution in [0, 0.1) is 0 Å². The first-order valence-electron chi connectivity index (χ1n) is 8.93. The zero-order valence-electron chi connectivity index (χ0n) is 15.7. The highest BCUT2D eigenvalue weighted by molar-refractivity contribution is 5.74. The molecule has 2 rings (SSSR count). The molecule has 0 aromatic carbocycles. The zero-order valence-corrected chi connectivity index (χ0v) is 15.7. The van der Waals surface area contributed by atoms with E-state index in [1.165, 1.54) is 0 Å². The molecule has 2 amide bonds. The molecular formula is C19H28N4O3. The summed E-state index contributed by atoms with van der Waals surface area (Å²) in [5, 5.41) is 5.48. The summed E-state index contributed by atoms with van der Waals surface area (Å²) in [7, 11) is 0. The topological polar surface area (TPSA) is 101 Å². The monoisotopic (exact) mass is 360 g/mol. The minimum Gasteiger partial charge on any atom is -0.422 e. The van der Waals surface area contributed by atoms with Gasteiger partial charge < -0.3 is 25.7 Å². The van der Waals surface area contributed by atoms with E-state index >= 15 is 0 Å². The Labute approximate surface area is 153 Å². The molecule has 1 aromatic heterocycles. The van der Waals surface area contributed by atoms with Gasteiger partial charge in [0.1, 0.15) is 5.76 Å². The Balaban J connectivity index is 1.95. The third-order valence-electron chi connectivity index (χ3n) is 4.34. The van der Waals surface area contributed by atoms with Crippen LogP contribution in [0.1, 0.15) is 37.7 Å². The minimum absolute atomic E-state index is 0.101. The van der Waals surface area contributed by atoms with Crippen molar-refractivity contribution in [2.24, 2.45) is 5.73 Å². The second-order valence-corrected chi connectivity index (χ2v) is 6.55. The summed E-state index contributed by atoms with van der Waals surface area (Å²) in [6, 6.07) is 1.41. The Morgan fingerprint density at radius 1 is 1.23 bits per heavy atom. The van der Waals surface area contributed by atoms with Gasteiger partial charge in [0, 0.05) is 18.7 Å². The van der Waals surface area contributed by atoms with Crippen molar-refractivity contribution >= 4 is 18.2 Å². The highest BCUT2D eigenvalue weighted by Gasteiger charge is 2.16. The Morgan fingerprint density at radius 2 is 1.92 bits per heavy atom. The summed E-state index contributed by atoms with van der Waals surface area (Å²) in [5.74, 6) is 0.466. The van der Waals surface area contributed by atoms with Gasteiger partial charge in [0.25, 0.3) is 0 Å². The second-order valence-electron chi connectivity index (χ2n) is 6.55. The molecule has 0 saturated heterocycles. The molecule has 1 aromatic rings. The SMILES string of the molecule is CCN(CC)CCNC(=O)NCc1cc2c(oc1=O)C=CC(C)(N)C=C2. The first kappa shape index (κ1) is 19.9. The van der Waals surface area contributed by atoms with E-state index in [0.29, 0.717) is 17.9 Å². The third-order valence-corrected chi connectivity index (χ3v) is 4.34. The number of hydrogen-bond acceptors (Lipinski definition) is 5. The molecule has 1 aliphatic rings. The lowest BCUT2D eigenvalue weighted by Gasteiger charge is -2.18. The van der Waals surface area contributed by atoms with Gasteiger partial charge in [0.15, 0.2) is 0 Å². The molecule has 0 saturated carbocycles. The third kappa shape index (κ3) is 5.57. The van der Waals surface area contributed by atoms with Gasteiger partial charge in [-0.1, -0.05) is 32.1 Å². The van der Waals surface area contributed by atoms with Crippen molar-refractivity contribution in [1.82, 2.24) is 15.5 Å². The number of urea groups is 1. The van der Waals surface area contributed by atoms with Crippen molar-refractivity contribution in [2.75, 3.05) is 26.2 Å². The Kier molecular flexibility index (Phi) is 6.76. The van der Waals surface area contributed by atoms with Crippen LogP contribution in [0.5, 0.6) is 0 Å². The predicted molar refractivity (Wildman–Crippen MR) is 104 cm³/mol. The van der Waals surface area contributed by atoms with Crippen molar-refractivity contribution in [3.05, 3.63) is 45.5 Å². The van der Waals surface area contributed by atoms with Crippen LogP contribution in [-0.2, 0) is 6.54 Å². The number of carbonyl (C=O) groups excluding carboxylic acids is 1. The van der Waals surface area contributed by atoms with Crippen LogP contribution in [-0.4, -0.2) is 42.6 Å². The van der Waals surface area contributed by atoms with E-state index in [-0.39, 0.29) is 12.6 Å². The Morgan fingerprint density at radius 3 is 2.62 bits per heavy atom. The van der Waals surface area contributed by atoms with E-state index in [2.05, 4.69) is 29.4 Å². The molecule has 0 bridgehead atoms. The standard InChI is InChI=1S/C19H28N4O3/c1-4-23(5-2)11-10-21-18(25)22-13-15-12-14-6-8-19(3,20)9-7-16(14)26-17(15)24/h6-9,12H,4-5,10-11,13,20H2,1-3H3,(H2,21,22,25). The van der Waals surface area contributed by atoms with Gasteiger partial charge in [0.05, 0.1) is 17.6 Å². The minimum atomic E-state index is -0.596. The van der Waals surface area contributed by atoms with Crippen LogP contribution in [0.25, 0.3) is 12.2 Å². The molecule has 1 atom stereocenters. The van der Waals surface area contributed by atoms with Crippen LogP contribution in [0.3, 0.4) is 0 Å². The number of nitrogens with two attached hydrogens (primary N) is 1. The number of nitrogens with one attached hydrogen (secondary N) is 2. The molecule has 4 N–H and O–H groups in total. The first-order valence-corrected chi connectivity index (χ1v) is 8.93. The second kappa shape index (κ2) is 8.82. The van der Waals surface area contributed by atoms with Crippen LogP contribution in [0.2, 0.25) is 0 Å². The maximum Gasteiger partial charge on any atom is 0.341 e. The number of amides is 2. The number of likely N-dealkylation sites (N-methyl/N-ethyl adjacent to an activating group) is 1. The predicted octanol–water partition coefficient (Wildman–Crippen LogP) is 1.54. The molecule has 1 aliphatic carbocycles. The van der Waals surface area contributed by atoms with Crippen LogP contribution < -0.4 is 22.0 Å². The average molecular weight is 360 g/mol. The lowest BCUT2D eigenvalue weighted by molar-refractivity contribution is 0.236. The number of hydrogen-bond donors (Lipinski definition) is 3. The molecule has 0 fully saturated rings. The van der Waals surface area contributed by atoms with Gasteiger partial charge in [-0.2, -0.15) is 0 Å². The highest BCUT2D eigenvalue weighted by Crippen LogP contribution is 2.20. The van der Waals surface area contributed by atoms with Gasteiger partial charge in [-0.15, -0.1) is 0 Å². The molecule has 1 unspecified atom stereocenters. The van der Waals surface area contributed by atoms with Crippen LogP contribution >= 0.6 is 0 Å². The van der Waals surface area contributed by atoms with Crippen molar-refractivity contribution < 1.29 is 9.21 Å². The van der Waals surface area contributed by atoms with E-state index in [0.717, 1.165) is 25.2 Å². The molecule has 7 heteroatoms. The van der Waals surface area contributed by atoms with Gasteiger partial charge >= 0.3 is 11.7 Å². The summed E-state index contributed by atoms with van der Waals surface area (Å²) in [6.07, 6.45) is 7.14. The lowest BCUT2D eigenvalue weighted by Crippen LogP contribution is -2.40. The molecule has 142 valence electrons. The fourth-order valence-corrected chi connectivity index (χ4v) is 2.61. The van der Waals surface area contributed by atoms with E-state index in [9.17, 15) is 9.59 Å². The molecule has 0 radical (unpaired) electrons. The Hall–Kier alpha value is -2.38. The average Bonchev–Trinajstić information content (AvgIpc) is 2.75. The van der Waals surface area contributed by atoms with E-state index < -0.39 is 11.2 Å². The molecule has 0 aliphatic heterocycles. The maximum absolute atomic E-state index is 12.1. The van der Waals surface area contributed by atoms with Crippen molar-refractivity contribution in [1.29, 1.82) is 0 Å². The van der Waals surface area contributed by atoms with Gasteiger partial charge in [-0.25, -0.2) is 9.59 Å². The van der Waals surface area contributed by atoms with E-state index in [4.69, 9.17) is 10.2 Å². The highest BCUT2D eigenvalue weighted by atomic mass is 16.4. The maximum atomic E-state index is 12.1. The zero-order chi connectivity index (χ0) is 19.2. The van der Waals surface area contributed by atoms with Crippen LogP contribution in [0.4, 0.5) is 4.79 Å².